The molecule has 1 aromatic rings. The van der Waals surface area contributed by atoms with Crippen LogP contribution in [-0.4, -0.2) is 17.2 Å². The lowest BCUT2D eigenvalue weighted by atomic mass is 10.1. The number of rotatable bonds is 0. The SMILES string of the molecule is O=C1Nc2ccccc2C12SCC(F)S2. The van der Waals surface area contributed by atoms with Crippen LogP contribution in [0.4, 0.5) is 10.1 Å². The standard InChI is InChI=1S/C10H8FNOS2/c11-8-5-14-10(15-8)6-3-1-2-4-7(6)12-9(10)13/h1-4,8H,5H2,(H,12,13). The van der Waals surface area contributed by atoms with Crippen LogP contribution in [0.15, 0.2) is 24.3 Å². The normalized spacial score (nSPS) is 33.1. The van der Waals surface area contributed by atoms with E-state index < -0.39 is 9.58 Å². The molecule has 15 heavy (non-hydrogen) atoms. The Morgan fingerprint density at radius 3 is 3.00 bits per heavy atom. The Balaban J connectivity index is 2.13. The third-order valence-electron chi connectivity index (χ3n) is 2.54. The van der Waals surface area contributed by atoms with Crippen LogP contribution in [0.1, 0.15) is 5.56 Å². The average molecular weight is 241 g/mol. The molecule has 1 fully saturated rings. The fraction of sp³-hybridized carbons (Fsp3) is 0.300. The second-order valence-electron chi connectivity index (χ2n) is 3.46. The zero-order valence-electron chi connectivity index (χ0n) is 7.70. The van der Waals surface area contributed by atoms with Gasteiger partial charge in [-0.3, -0.25) is 4.79 Å². The van der Waals surface area contributed by atoms with Gasteiger partial charge in [0, 0.05) is 17.0 Å². The van der Waals surface area contributed by atoms with Crippen LogP contribution in [0.25, 0.3) is 0 Å². The third kappa shape index (κ3) is 1.23. The van der Waals surface area contributed by atoms with E-state index in [2.05, 4.69) is 5.32 Å². The smallest absolute Gasteiger partial charge is 0.255 e. The minimum atomic E-state index is -0.952. The fourth-order valence-electron chi connectivity index (χ4n) is 1.90. The first-order valence-electron chi connectivity index (χ1n) is 4.59. The molecule has 2 atom stereocenters. The summed E-state index contributed by atoms with van der Waals surface area (Å²) in [5.74, 6) is 0.283. The Bertz CT molecular complexity index is 439. The molecule has 1 spiro atoms. The van der Waals surface area contributed by atoms with Gasteiger partial charge in [0.15, 0.2) is 9.58 Å². The number of fused-ring (bicyclic) bond motifs is 2. The van der Waals surface area contributed by atoms with Crippen molar-refractivity contribution in [1.82, 2.24) is 0 Å². The van der Waals surface area contributed by atoms with Crippen molar-refractivity contribution < 1.29 is 9.18 Å². The van der Waals surface area contributed by atoms with E-state index in [0.29, 0.717) is 5.75 Å². The average Bonchev–Trinajstić information content (AvgIpc) is 2.73. The number of hydrogen-bond donors (Lipinski definition) is 1. The number of carbonyl (C=O) groups is 1. The molecule has 0 radical (unpaired) electrons. The molecule has 2 aliphatic rings. The van der Waals surface area contributed by atoms with Crippen LogP contribution in [0.5, 0.6) is 0 Å². The van der Waals surface area contributed by atoms with Crippen LogP contribution < -0.4 is 5.32 Å². The van der Waals surface area contributed by atoms with E-state index in [0.717, 1.165) is 23.0 Å². The number of carbonyl (C=O) groups excluding carboxylic acids is 1. The summed E-state index contributed by atoms with van der Waals surface area (Å²) in [5, 5.41) is 2.80. The summed E-state index contributed by atoms with van der Waals surface area (Å²) in [7, 11) is 0. The van der Waals surface area contributed by atoms with E-state index in [4.69, 9.17) is 0 Å². The molecule has 0 saturated carbocycles. The van der Waals surface area contributed by atoms with Gasteiger partial charge in [-0.1, -0.05) is 30.0 Å². The summed E-state index contributed by atoms with van der Waals surface area (Å²) in [6, 6.07) is 7.50. The Morgan fingerprint density at radius 1 is 1.47 bits per heavy atom. The van der Waals surface area contributed by atoms with E-state index in [-0.39, 0.29) is 5.91 Å². The van der Waals surface area contributed by atoms with Crippen molar-refractivity contribution >= 4 is 35.1 Å². The molecule has 0 bridgehead atoms. The third-order valence-corrected chi connectivity index (χ3v) is 5.82. The number of halogens is 1. The van der Waals surface area contributed by atoms with Crippen LogP contribution in [0, 0.1) is 0 Å². The number of benzene rings is 1. The lowest BCUT2D eigenvalue weighted by molar-refractivity contribution is -0.116. The molecule has 2 unspecified atom stereocenters. The van der Waals surface area contributed by atoms with Crippen LogP contribution >= 0.6 is 23.5 Å². The van der Waals surface area contributed by atoms with Gasteiger partial charge < -0.3 is 5.32 Å². The molecule has 0 aromatic heterocycles. The molecular formula is C10H8FNOS2. The molecule has 1 aromatic carbocycles. The van der Waals surface area contributed by atoms with Gasteiger partial charge in [0.1, 0.15) is 0 Å². The van der Waals surface area contributed by atoms with Crippen molar-refractivity contribution in [3.8, 4) is 0 Å². The second kappa shape index (κ2) is 3.15. The van der Waals surface area contributed by atoms with Crippen LogP contribution in [-0.2, 0) is 8.87 Å². The van der Waals surface area contributed by atoms with E-state index in [1.807, 2.05) is 24.3 Å². The van der Waals surface area contributed by atoms with Crippen molar-refractivity contribution in [2.75, 3.05) is 11.1 Å². The molecule has 5 heteroatoms. The van der Waals surface area contributed by atoms with Crippen molar-refractivity contribution in [3.63, 3.8) is 0 Å². The molecule has 1 saturated heterocycles. The first-order chi connectivity index (χ1) is 7.22. The second-order valence-corrected chi connectivity index (χ2v) is 6.31. The summed E-state index contributed by atoms with van der Waals surface area (Å²) in [6.45, 7) is 0. The highest BCUT2D eigenvalue weighted by Gasteiger charge is 2.53. The molecule has 3 rings (SSSR count). The highest BCUT2D eigenvalue weighted by molar-refractivity contribution is 8.22. The van der Waals surface area contributed by atoms with Crippen LogP contribution in [0.2, 0.25) is 0 Å². The van der Waals surface area contributed by atoms with Gasteiger partial charge in [0.25, 0.3) is 5.91 Å². The Labute approximate surface area is 95.0 Å². The van der Waals surface area contributed by atoms with Gasteiger partial charge in [0.2, 0.25) is 0 Å². The maximum atomic E-state index is 13.2. The summed E-state index contributed by atoms with van der Waals surface area (Å²) < 4.78 is 12.5. The maximum Gasteiger partial charge on any atom is 0.255 e. The largest absolute Gasteiger partial charge is 0.323 e. The summed E-state index contributed by atoms with van der Waals surface area (Å²) >= 11 is 2.50. The molecule has 1 N–H and O–H groups in total. The van der Waals surface area contributed by atoms with Gasteiger partial charge in [-0.05, 0) is 6.07 Å². The van der Waals surface area contributed by atoms with Gasteiger partial charge in [-0.25, -0.2) is 4.39 Å². The number of para-hydroxylation sites is 1. The minimum absolute atomic E-state index is 0.0983. The van der Waals surface area contributed by atoms with E-state index in [1.165, 1.54) is 11.8 Å². The Hall–Kier alpha value is -0.680. The number of anilines is 1. The summed E-state index contributed by atoms with van der Waals surface area (Å²) in [5.41, 5.74) is 0.772. The maximum absolute atomic E-state index is 13.2. The van der Waals surface area contributed by atoms with E-state index in [9.17, 15) is 9.18 Å². The van der Waals surface area contributed by atoms with Crippen molar-refractivity contribution in [3.05, 3.63) is 29.8 Å². The highest BCUT2D eigenvalue weighted by atomic mass is 32.2. The predicted molar refractivity (Wildman–Crippen MR) is 61.7 cm³/mol. The molecule has 2 heterocycles. The number of hydrogen-bond acceptors (Lipinski definition) is 3. The molecule has 78 valence electrons. The molecule has 1 amide bonds. The lowest BCUT2D eigenvalue weighted by Gasteiger charge is -2.18. The van der Waals surface area contributed by atoms with Crippen molar-refractivity contribution in [2.24, 2.45) is 0 Å². The lowest BCUT2D eigenvalue weighted by Crippen LogP contribution is -2.25. The predicted octanol–water partition coefficient (Wildman–Crippen LogP) is 2.57. The molecule has 2 aliphatic heterocycles. The zero-order valence-corrected chi connectivity index (χ0v) is 9.33. The van der Waals surface area contributed by atoms with Crippen molar-refractivity contribution in [2.45, 2.75) is 9.58 Å². The van der Waals surface area contributed by atoms with Crippen molar-refractivity contribution in [1.29, 1.82) is 0 Å². The number of thioether (sulfide) groups is 2. The summed E-state index contributed by atoms with van der Waals surface area (Å²) in [4.78, 5) is 11.9. The zero-order chi connectivity index (χ0) is 10.5. The van der Waals surface area contributed by atoms with Gasteiger partial charge in [-0.15, -0.1) is 11.8 Å². The van der Waals surface area contributed by atoms with E-state index >= 15 is 0 Å². The number of amides is 1. The van der Waals surface area contributed by atoms with Gasteiger partial charge >= 0.3 is 0 Å². The van der Waals surface area contributed by atoms with E-state index in [1.54, 1.807) is 0 Å². The monoisotopic (exact) mass is 241 g/mol. The Kier molecular flexibility index (Phi) is 2.01. The number of nitrogens with one attached hydrogen (secondary N) is 1. The first kappa shape index (κ1) is 9.54. The van der Waals surface area contributed by atoms with Gasteiger partial charge in [0.05, 0.1) is 0 Å². The fourth-order valence-corrected chi connectivity index (χ4v) is 4.87. The minimum Gasteiger partial charge on any atom is -0.323 e. The molecule has 2 nitrogen and oxygen atoms in total. The quantitative estimate of drug-likeness (QED) is 0.757. The topological polar surface area (TPSA) is 29.1 Å². The van der Waals surface area contributed by atoms with Crippen LogP contribution in [0.3, 0.4) is 0 Å². The Morgan fingerprint density at radius 2 is 2.27 bits per heavy atom. The van der Waals surface area contributed by atoms with Gasteiger partial charge in [-0.2, -0.15) is 0 Å². The number of alkyl halides is 1. The summed E-state index contributed by atoms with van der Waals surface area (Å²) in [6.07, 6.45) is 0. The first-order valence-corrected chi connectivity index (χ1v) is 6.46. The highest BCUT2D eigenvalue weighted by Crippen LogP contribution is 2.60. The molecule has 0 aliphatic carbocycles. The molecular weight excluding hydrogens is 233 g/mol.